The lowest BCUT2D eigenvalue weighted by Crippen LogP contribution is -2.36. The first-order valence-electron chi connectivity index (χ1n) is 5.16. The average molecular weight is 256 g/mol. The van der Waals surface area contributed by atoms with Crippen LogP contribution in [0.1, 0.15) is 23.8 Å². The molecule has 0 bridgehead atoms. The first kappa shape index (κ1) is 13.6. The van der Waals surface area contributed by atoms with Gasteiger partial charge in [-0.1, -0.05) is 6.92 Å². The van der Waals surface area contributed by atoms with Crippen molar-refractivity contribution in [3.8, 4) is 0 Å². The van der Waals surface area contributed by atoms with Crippen molar-refractivity contribution < 1.29 is 19.6 Å². The summed E-state index contributed by atoms with van der Waals surface area (Å²) in [5, 5.41) is 25.0. The van der Waals surface area contributed by atoms with Crippen molar-refractivity contribution in [2.24, 2.45) is 0 Å². The van der Waals surface area contributed by atoms with Crippen LogP contribution in [-0.2, 0) is 4.79 Å². The largest absolute Gasteiger partial charge is 0.480 e. The molecule has 1 aromatic rings. The van der Waals surface area contributed by atoms with Gasteiger partial charge in [-0.3, -0.25) is 24.8 Å². The Hall–Kier alpha value is -2.45. The SMILES string of the molecule is CCCN(CC(=O)O)C(=O)c1[nH]ncc1[N+](=O)[O-]. The predicted molar refractivity (Wildman–Crippen MR) is 59.1 cm³/mol. The van der Waals surface area contributed by atoms with Crippen LogP contribution in [0, 0.1) is 10.1 Å². The summed E-state index contributed by atoms with van der Waals surface area (Å²) in [5.41, 5.74) is -0.777. The number of nitrogens with zero attached hydrogens (tertiary/aromatic N) is 3. The number of nitrogens with one attached hydrogen (secondary N) is 1. The predicted octanol–water partition coefficient (Wildman–Crippen LogP) is 0.255. The van der Waals surface area contributed by atoms with Crippen molar-refractivity contribution >= 4 is 17.6 Å². The Kier molecular flexibility index (Phi) is 4.35. The fourth-order valence-corrected chi connectivity index (χ4v) is 1.42. The van der Waals surface area contributed by atoms with Crippen molar-refractivity contribution in [1.82, 2.24) is 15.1 Å². The van der Waals surface area contributed by atoms with Gasteiger partial charge in [0, 0.05) is 6.54 Å². The second kappa shape index (κ2) is 5.75. The van der Waals surface area contributed by atoms with Gasteiger partial charge in [-0.05, 0) is 6.42 Å². The molecule has 1 aromatic heterocycles. The Morgan fingerprint density at radius 1 is 1.61 bits per heavy atom. The molecule has 2 N–H and O–H groups in total. The molecular formula is C9H12N4O5. The molecule has 0 radical (unpaired) electrons. The number of hydrogen-bond donors (Lipinski definition) is 2. The third-order valence-corrected chi connectivity index (χ3v) is 2.14. The van der Waals surface area contributed by atoms with E-state index in [0.29, 0.717) is 6.42 Å². The van der Waals surface area contributed by atoms with E-state index in [1.807, 2.05) is 0 Å². The van der Waals surface area contributed by atoms with Crippen LogP contribution in [0.25, 0.3) is 0 Å². The van der Waals surface area contributed by atoms with E-state index in [-0.39, 0.29) is 12.2 Å². The number of aromatic amines is 1. The van der Waals surface area contributed by atoms with Gasteiger partial charge < -0.3 is 10.0 Å². The van der Waals surface area contributed by atoms with E-state index >= 15 is 0 Å². The lowest BCUT2D eigenvalue weighted by atomic mass is 10.3. The number of nitro groups is 1. The molecule has 0 saturated carbocycles. The van der Waals surface area contributed by atoms with Crippen molar-refractivity contribution in [2.45, 2.75) is 13.3 Å². The second-order valence-electron chi connectivity index (χ2n) is 3.51. The van der Waals surface area contributed by atoms with Crippen LogP contribution in [0.15, 0.2) is 6.20 Å². The molecule has 0 unspecified atom stereocenters. The molecule has 0 saturated heterocycles. The maximum Gasteiger partial charge on any atom is 0.323 e. The minimum atomic E-state index is -1.18. The molecule has 0 aliphatic carbocycles. The van der Waals surface area contributed by atoms with Gasteiger partial charge >= 0.3 is 11.7 Å². The summed E-state index contributed by atoms with van der Waals surface area (Å²) in [5.74, 6) is -1.93. The van der Waals surface area contributed by atoms with Crippen LogP contribution >= 0.6 is 0 Å². The van der Waals surface area contributed by atoms with E-state index in [1.165, 1.54) is 0 Å². The zero-order valence-corrected chi connectivity index (χ0v) is 9.62. The highest BCUT2D eigenvalue weighted by Crippen LogP contribution is 2.16. The monoisotopic (exact) mass is 256 g/mol. The number of carboxylic acid groups (broad SMARTS) is 1. The van der Waals surface area contributed by atoms with Gasteiger partial charge in [-0.25, -0.2) is 0 Å². The third kappa shape index (κ3) is 3.03. The number of carbonyl (C=O) groups is 2. The van der Waals surface area contributed by atoms with Gasteiger partial charge in [0.15, 0.2) is 0 Å². The average Bonchev–Trinajstić information content (AvgIpc) is 2.75. The first-order chi connectivity index (χ1) is 8.47. The Morgan fingerprint density at radius 2 is 2.28 bits per heavy atom. The highest BCUT2D eigenvalue weighted by atomic mass is 16.6. The molecule has 0 spiro atoms. The molecular weight excluding hydrogens is 244 g/mol. The highest BCUT2D eigenvalue weighted by molar-refractivity contribution is 5.97. The summed E-state index contributed by atoms with van der Waals surface area (Å²) in [6.07, 6.45) is 1.46. The van der Waals surface area contributed by atoms with E-state index in [1.54, 1.807) is 6.92 Å². The van der Waals surface area contributed by atoms with E-state index in [9.17, 15) is 19.7 Å². The number of carbonyl (C=O) groups excluding carboxylic acids is 1. The number of rotatable bonds is 6. The molecule has 9 heteroatoms. The summed E-state index contributed by atoms with van der Waals surface area (Å²) in [4.78, 5) is 33.5. The molecule has 0 atom stereocenters. The van der Waals surface area contributed by atoms with Crippen LogP contribution in [0.4, 0.5) is 5.69 Å². The fourth-order valence-electron chi connectivity index (χ4n) is 1.42. The highest BCUT2D eigenvalue weighted by Gasteiger charge is 2.27. The molecule has 0 fully saturated rings. The molecule has 0 aliphatic heterocycles. The molecule has 0 aliphatic rings. The Bertz CT molecular complexity index is 469. The number of hydrogen-bond acceptors (Lipinski definition) is 5. The van der Waals surface area contributed by atoms with Gasteiger partial charge in [0.05, 0.1) is 4.92 Å². The van der Waals surface area contributed by atoms with Crippen LogP contribution in [0.2, 0.25) is 0 Å². The summed E-state index contributed by atoms with van der Waals surface area (Å²) in [6, 6.07) is 0. The van der Waals surface area contributed by atoms with Gasteiger partial charge in [-0.2, -0.15) is 5.10 Å². The molecule has 9 nitrogen and oxygen atoms in total. The standard InChI is InChI=1S/C9H12N4O5/c1-2-3-12(5-7(14)15)9(16)8-6(13(17)18)4-10-11-8/h4H,2-3,5H2,1H3,(H,10,11)(H,14,15). The van der Waals surface area contributed by atoms with Gasteiger partial charge in [0.2, 0.25) is 5.69 Å². The molecule has 1 rings (SSSR count). The molecule has 98 valence electrons. The van der Waals surface area contributed by atoms with Crippen molar-refractivity contribution in [2.75, 3.05) is 13.1 Å². The number of carboxylic acids is 1. The van der Waals surface area contributed by atoms with Gasteiger partial charge in [0.1, 0.15) is 12.7 Å². The Balaban J connectivity index is 2.97. The molecule has 1 heterocycles. The molecule has 0 aromatic carbocycles. The molecule has 18 heavy (non-hydrogen) atoms. The van der Waals surface area contributed by atoms with E-state index in [4.69, 9.17) is 5.11 Å². The maximum absolute atomic E-state index is 11.9. The lowest BCUT2D eigenvalue weighted by Gasteiger charge is -2.18. The quantitative estimate of drug-likeness (QED) is 0.554. The fraction of sp³-hybridized carbons (Fsp3) is 0.444. The summed E-state index contributed by atoms with van der Waals surface area (Å²) < 4.78 is 0. The maximum atomic E-state index is 11.9. The van der Waals surface area contributed by atoms with E-state index in [0.717, 1.165) is 11.1 Å². The first-order valence-corrected chi connectivity index (χ1v) is 5.16. The summed E-state index contributed by atoms with van der Waals surface area (Å²) in [6.45, 7) is 1.45. The Labute approximate surface area is 102 Å². The van der Waals surface area contributed by atoms with Crippen LogP contribution in [0.5, 0.6) is 0 Å². The van der Waals surface area contributed by atoms with Crippen molar-refractivity contribution in [3.63, 3.8) is 0 Å². The van der Waals surface area contributed by atoms with Crippen LogP contribution < -0.4 is 0 Å². The Morgan fingerprint density at radius 3 is 2.78 bits per heavy atom. The number of H-pyrrole nitrogens is 1. The second-order valence-corrected chi connectivity index (χ2v) is 3.51. The normalized spacial score (nSPS) is 10.1. The topological polar surface area (TPSA) is 129 Å². The smallest absolute Gasteiger partial charge is 0.323 e. The lowest BCUT2D eigenvalue weighted by molar-refractivity contribution is -0.385. The van der Waals surface area contributed by atoms with Crippen LogP contribution in [0.3, 0.4) is 0 Å². The molecule has 1 amide bonds. The van der Waals surface area contributed by atoms with Crippen molar-refractivity contribution in [3.05, 3.63) is 22.0 Å². The summed E-state index contributed by atoms with van der Waals surface area (Å²) >= 11 is 0. The minimum Gasteiger partial charge on any atom is -0.480 e. The van der Waals surface area contributed by atoms with Crippen LogP contribution in [-0.4, -0.2) is 50.1 Å². The number of aromatic nitrogens is 2. The minimum absolute atomic E-state index is 0.196. The van der Waals surface area contributed by atoms with Gasteiger partial charge in [-0.15, -0.1) is 0 Å². The zero-order valence-electron chi connectivity index (χ0n) is 9.62. The number of aliphatic carboxylic acids is 1. The summed E-state index contributed by atoms with van der Waals surface area (Å²) in [7, 11) is 0. The van der Waals surface area contributed by atoms with E-state index in [2.05, 4.69) is 10.2 Å². The third-order valence-electron chi connectivity index (χ3n) is 2.14. The zero-order chi connectivity index (χ0) is 13.7. The van der Waals surface area contributed by atoms with Gasteiger partial charge in [0.25, 0.3) is 5.91 Å². The van der Waals surface area contributed by atoms with E-state index < -0.39 is 29.0 Å². The van der Waals surface area contributed by atoms with Crippen molar-refractivity contribution in [1.29, 1.82) is 0 Å². The number of amides is 1.